The molecular formula is C19H21N5O3S2. The zero-order valence-corrected chi connectivity index (χ0v) is 17.3. The van der Waals surface area contributed by atoms with E-state index >= 15 is 0 Å². The molecule has 1 aliphatic heterocycles. The number of fused-ring (bicyclic) bond motifs is 1. The number of thiophene rings is 1. The first-order valence-corrected chi connectivity index (χ1v) is 11.7. The molecule has 1 aliphatic rings. The summed E-state index contributed by atoms with van der Waals surface area (Å²) in [5.74, 6) is 1.34. The molecule has 0 saturated carbocycles. The van der Waals surface area contributed by atoms with Crippen molar-refractivity contribution in [1.82, 2.24) is 19.5 Å². The Morgan fingerprint density at radius 2 is 2.03 bits per heavy atom. The van der Waals surface area contributed by atoms with Crippen LogP contribution in [-0.4, -0.2) is 35.6 Å². The van der Waals surface area contributed by atoms with E-state index in [0.717, 1.165) is 54.4 Å². The van der Waals surface area contributed by atoms with Gasteiger partial charge in [-0.1, -0.05) is 24.6 Å². The monoisotopic (exact) mass is 431 g/mol. The van der Waals surface area contributed by atoms with Gasteiger partial charge in [0.2, 0.25) is 5.91 Å². The summed E-state index contributed by atoms with van der Waals surface area (Å²) >= 11 is 1.10. The molecule has 2 N–H and O–H groups in total. The van der Waals surface area contributed by atoms with Crippen LogP contribution in [0.15, 0.2) is 46.0 Å². The van der Waals surface area contributed by atoms with Crippen molar-refractivity contribution in [2.24, 2.45) is 0 Å². The molecule has 0 aliphatic carbocycles. The maximum atomic E-state index is 12.2. The molecule has 29 heavy (non-hydrogen) atoms. The van der Waals surface area contributed by atoms with Gasteiger partial charge >= 0.3 is 0 Å². The van der Waals surface area contributed by atoms with Crippen LogP contribution in [-0.2, 0) is 27.8 Å². The van der Waals surface area contributed by atoms with Crippen LogP contribution in [0.3, 0.4) is 0 Å². The fourth-order valence-corrected chi connectivity index (χ4v) is 5.31. The first-order valence-electron chi connectivity index (χ1n) is 9.38. The molecule has 0 bridgehead atoms. The Bertz CT molecular complexity index is 1110. The van der Waals surface area contributed by atoms with Crippen molar-refractivity contribution in [3.63, 3.8) is 0 Å². The Balaban J connectivity index is 1.44. The van der Waals surface area contributed by atoms with Gasteiger partial charge in [0.1, 0.15) is 10.0 Å². The smallest absolute Gasteiger partial charge is 0.250 e. The third-order valence-electron chi connectivity index (χ3n) is 4.70. The van der Waals surface area contributed by atoms with Crippen LogP contribution in [0.25, 0.3) is 11.4 Å². The molecule has 0 unspecified atom stereocenters. The first kappa shape index (κ1) is 19.7. The van der Waals surface area contributed by atoms with Crippen molar-refractivity contribution in [2.45, 2.75) is 36.4 Å². The molecule has 1 aromatic carbocycles. The van der Waals surface area contributed by atoms with Gasteiger partial charge in [0, 0.05) is 24.2 Å². The van der Waals surface area contributed by atoms with E-state index in [1.807, 2.05) is 18.2 Å². The van der Waals surface area contributed by atoms with E-state index in [4.69, 9.17) is 0 Å². The average molecular weight is 432 g/mol. The number of carbonyl (C=O) groups is 1. The molecule has 0 atom stereocenters. The highest BCUT2D eigenvalue weighted by Crippen LogP contribution is 2.25. The molecule has 10 heteroatoms. The molecular weight excluding hydrogens is 410 g/mol. The molecule has 4 rings (SSSR count). The predicted molar refractivity (Wildman–Crippen MR) is 111 cm³/mol. The number of hydrogen-bond donors (Lipinski definition) is 2. The Morgan fingerprint density at radius 1 is 1.14 bits per heavy atom. The predicted octanol–water partition coefficient (Wildman–Crippen LogP) is 2.65. The summed E-state index contributed by atoms with van der Waals surface area (Å²) in [5.41, 5.74) is 1.44. The third-order valence-corrected chi connectivity index (χ3v) is 7.50. The van der Waals surface area contributed by atoms with E-state index in [1.165, 1.54) is 12.5 Å². The standard InChI is InChI=1S/C19H21N5O3S2/c25-17(13-20-29(26,27)18-9-5-11-28-18)21-15-7-4-6-14(12-15)19-23-22-16-8-2-1-3-10-24(16)19/h4-7,9,11-12,20H,1-3,8,10,13H2,(H,21,25). The summed E-state index contributed by atoms with van der Waals surface area (Å²) in [6.07, 6.45) is 4.32. The number of aryl methyl sites for hydroxylation is 1. The number of hydrogen-bond acceptors (Lipinski definition) is 6. The minimum absolute atomic E-state index is 0.180. The lowest BCUT2D eigenvalue weighted by molar-refractivity contribution is -0.115. The molecule has 1 amide bonds. The highest BCUT2D eigenvalue weighted by molar-refractivity contribution is 7.91. The Hall–Kier alpha value is -2.56. The normalized spacial score (nSPS) is 14.2. The molecule has 0 radical (unpaired) electrons. The Kier molecular flexibility index (Phi) is 5.74. The highest BCUT2D eigenvalue weighted by Gasteiger charge is 2.18. The number of benzene rings is 1. The largest absolute Gasteiger partial charge is 0.325 e. The summed E-state index contributed by atoms with van der Waals surface area (Å²) in [6, 6.07) is 10.5. The van der Waals surface area contributed by atoms with E-state index in [1.54, 1.807) is 17.5 Å². The minimum Gasteiger partial charge on any atom is -0.325 e. The maximum absolute atomic E-state index is 12.2. The average Bonchev–Trinajstić information content (AvgIpc) is 3.33. The molecule has 3 aromatic rings. The highest BCUT2D eigenvalue weighted by atomic mass is 32.2. The topological polar surface area (TPSA) is 106 Å². The minimum atomic E-state index is -3.68. The Morgan fingerprint density at radius 3 is 2.86 bits per heavy atom. The zero-order chi connectivity index (χ0) is 20.3. The number of aromatic nitrogens is 3. The van der Waals surface area contributed by atoms with Crippen LogP contribution in [0, 0.1) is 0 Å². The number of rotatable bonds is 6. The van der Waals surface area contributed by atoms with Gasteiger partial charge in [0.15, 0.2) is 5.82 Å². The second-order valence-corrected chi connectivity index (χ2v) is 9.73. The van der Waals surface area contributed by atoms with Gasteiger partial charge in [-0.2, -0.15) is 0 Å². The number of anilines is 1. The molecule has 152 valence electrons. The summed E-state index contributed by atoms with van der Waals surface area (Å²) in [4.78, 5) is 12.2. The molecule has 0 fully saturated rings. The number of amides is 1. The number of sulfonamides is 1. The van der Waals surface area contributed by atoms with E-state index in [2.05, 4.69) is 24.8 Å². The van der Waals surface area contributed by atoms with Crippen molar-refractivity contribution in [2.75, 3.05) is 11.9 Å². The van der Waals surface area contributed by atoms with Crippen LogP contribution in [0.1, 0.15) is 25.1 Å². The number of nitrogens with one attached hydrogen (secondary N) is 2. The van der Waals surface area contributed by atoms with Crippen molar-refractivity contribution < 1.29 is 13.2 Å². The van der Waals surface area contributed by atoms with Crippen LogP contribution < -0.4 is 10.0 Å². The molecule has 8 nitrogen and oxygen atoms in total. The summed E-state index contributed by atoms with van der Waals surface area (Å²) in [7, 11) is -3.68. The number of nitrogens with zero attached hydrogens (tertiary/aromatic N) is 3. The van der Waals surface area contributed by atoms with E-state index < -0.39 is 15.9 Å². The van der Waals surface area contributed by atoms with E-state index in [0.29, 0.717) is 5.69 Å². The SMILES string of the molecule is O=C(CNS(=O)(=O)c1cccs1)Nc1cccc(-c2nnc3n2CCCCC3)c1. The fraction of sp³-hybridized carbons (Fsp3) is 0.316. The first-order chi connectivity index (χ1) is 14.0. The van der Waals surface area contributed by atoms with E-state index in [9.17, 15) is 13.2 Å². The van der Waals surface area contributed by atoms with Gasteiger partial charge in [-0.05, 0) is 36.4 Å². The summed E-state index contributed by atoms with van der Waals surface area (Å²) in [5, 5.41) is 13.1. The third kappa shape index (κ3) is 4.55. The van der Waals surface area contributed by atoms with Crippen molar-refractivity contribution >= 4 is 33.0 Å². The van der Waals surface area contributed by atoms with Crippen molar-refractivity contribution in [1.29, 1.82) is 0 Å². The van der Waals surface area contributed by atoms with Crippen LogP contribution in [0.5, 0.6) is 0 Å². The van der Waals surface area contributed by atoms with Gasteiger partial charge in [-0.15, -0.1) is 21.5 Å². The van der Waals surface area contributed by atoms with Crippen LogP contribution >= 0.6 is 11.3 Å². The van der Waals surface area contributed by atoms with Gasteiger partial charge in [-0.3, -0.25) is 4.79 Å². The molecule has 3 heterocycles. The van der Waals surface area contributed by atoms with Crippen LogP contribution in [0.2, 0.25) is 0 Å². The maximum Gasteiger partial charge on any atom is 0.250 e. The van der Waals surface area contributed by atoms with Gasteiger partial charge < -0.3 is 9.88 Å². The van der Waals surface area contributed by atoms with Gasteiger partial charge in [0.05, 0.1) is 6.54 Å². The Labute approximate surface area is 173 Å². The number of carbonyl (C=O) groups excluding carboxylic acids is 1. The lowest BCUT2D eigenvalue weighted by atomic mass is 10.2. The van der Waals surface area contributed by atoms with Gasteiger partial charge in [0.25, 0.3) is 10.0 Å². The van der Waals surface area contributed by atoms with E-state index in [-0.39, 0.29) is 10.8 Å². The summed E-state index contributed by atoms with van der Waals surface area (Å²) < 4.78 is 28.9. The lowest BCUT2D eigenvalue weighted by Gasteiger charge is -2.10. The van der Waals surface area contributed by atoms with Crippen molar-refractivity contribution in [3.8, 4) is 11.4 Å². The fourth-order valence-electron chi connectivity index (χ4n) is 3.29. The molecule has 0 spiro atoms. The zero-order valence-electron chi connectivity index (χ0n) is 15.7. The molecule has 2 aromatic heterocycles. The quantitative estimate of drug-likeness (QED) is 0.624. The second-order valence-electron chi connectivity index (χ2n) is 6.79. The van der Waals surface area contributed by atoms with Crippen molar-refractivity contribution in [3.05, 3.63) is 47.6 Å². The summed E-state index contributed by atoms with van der Waals surface area (Å²) in [6.45, 7) is 0.545. The second kappa shape index (κ2) is 8.44. The van der Waals surface area contributed by atoms with Crippen LogP contribution in [0.4, 0.5) is 5.69 Å². The van der Waals surface area contributed by atoms with Gasteiger partial charge in [-0.25, -0.2) is 13.1 Å². The lowest BCUT2D eigenvalue weighted by Crippen LogP contribution is -2.32. The molecule has 0 saturated heterocycles.